The minimum absolute atomic E-state index is 0.108. The molecule has 0 aliphatic carbocycles. The van der Waals surface area contributed by atoms with Gasteiger partial charge in [0.15, 0.2) is 5.65 Å². The highest BCUT2D eigenvalue weighted by molar-refractivity contribution is 7.07. The Morgan fingerprint density at radius 3 is 3.05 bits per heavy atom. The molecule has 0 unspecified atom stereocenters. The summed E-state index contributed by atoms with van der Waals surface area (Å²) in [4.78, 5) is 16.9. The van der Waals surface area contributed by atoms with E-state index in [2.05, 4.69) is 25.0 Å². The predicted octanol–water partition coefficient (Wildman–Crippen LogP) is 1.56. The normalized spacial score (nSPS) is 11.0. The lowest BCUT2D eigenvalue weighted by molar-refractivity contribution is 0.0956. The highest BCUT2D eigenvalue weighted by Crippen LogP contribution is 2.09. The maximum Gasteiger partial charge on any atom is 0.264 e. The minimum atomic E-state index is -0.108. The van der Waals surface area contributed by atoms with Gasteiger partial charge in [-0.15, -0.1) is 5.10 Å². The highest BCUT2D eigenvalue weighted by Gasteiger charge is 2.12. The van der Waals surface area contributed by atoms with Gasteiger partial charge in [0.2, 0.25) is 0 Å². The fraction of sp³-hybridized carbons (Fsp3) is 0.357. The molecule has 0 saturated heterocycles. The molecule has 0 saturated carbocycles. The average Bonchev–Trinajstić information content (AvgIpc) is 3.07. The van der Waals surface area contributed by atoms with Gasteiger partial charge in [-0.25, -0.2) is 9.50 Å². The molecule has 114 valence electrons. The van der Waals surface area contributed by atoms with Gasteiger partial charge in [0, 0.05) is 25.0 Å². The van der Waals surface area contributed by atoms with Crippen LogP contribution in [0.2, 0.25) is 0 Å². The second-order valence-corrected chi connectivity index (χ2v) is 5.85. The molecule has 0 radical (unpaired) electrons. The van der Waals surface area contributed by atoms with Crippen LogP contribution < -0.4 is 5.32 Å². The van der Waals surface area contributed by atoms with Crippen LogP contribution in [0.3, 0.4) is 0 Å². The smallest absolute Gasteiger partial charge is 0.264 e. The van der Waals surface area contributed by atoms with Gasteiger partial charge < -0.3 is 5.32 Å². The molecule has 0 aliphatic rings. The first-order valence-electron chi connectivity index (χ1n) is 7.01. The number of fused-ring (bicyclic) bond motifs is 1. The zero-order valence-corrected chi connectivity index (χ0v) is 13.2. The van der Waals surface area contributed by atoms with Crippen molar-refractivity contribution >= 4 is 23.1 Å². The summed E-state index contributed by atoms with van der Waals surface area (Å²) in [5.41, 5.74) is 3.57. The van der Waals surface area contributed by atoms with E-state index in [-0.39, 0.29) is 5.91 Å². The molecule has 8 heteroatoms. The van der Waals surface area contributed by atoms with E-state index in [1.54, 1.807) is 11.4 Å². The Hall–Kier alpha value is -2.35. The lowest BCUT2D eigenvalue weighted by atomic mass is 10.2. The lowest BCUT2D eigenvalue weighted by Crippen LogP contribution is -2.24. The van der Waals surface area contributed by atoms with Gasteiger partial charge >= 0.3 is 0 Å². The quantitative estimate of drug-likeness (QED) is 0.722. The number of nitrogens with zero attached hydrogens (tertiary/aromatic N) is 5. The summed E-state index contributed by atoms with van der Waals surface area (Å²) in [5, 5.41) is 11.1. The van der Waals surface area contributed by atoms with E-state index in [4.69, 9.17) is 0 Å². The molecule has 0 aromatic carbocycles. The number of aromatic nitrogens is 5. The molecule has 3 rings (SSSR count). The number of aryl methyl sites for hydroxylation is 3. The molecule has 0 spiro atoms. The van der Waals surface area contributed by atoms with Gasteiger partial charge in [-0.3, -0.25) is 4.79 Å². The fourth-order valence-electron chi connectivity index (χ4n) is 2.18. The Bertz CT molecular complexity index is 809. The third kappa shape index (κ3) is 3.11. The van der Waals surface area contributed by atoms with Crippen LogP contribution in [-0.2, 0) is 6.42 Å². The minimum Gasteiger partial charge on any atom is -0.351 e. The first kappa shape index (κ1) is 14.6. The summed E-state index contributed by atoms with van der Waals surface area (Å²) in [5.74, 6) is -0.108. The van der Waals surface area contributed by atoms with E-state index < -0.39 is 0 Å². The van der Waals surface area contributed by atoms with Crippen LogP contribution in [0.15, 0.2) is 18.5 Å². The van der Waals surface area contributed by atoms with Crippen LogP contribution in [0.1, 0.15) is 33.0 Å². The second-order valence-electron chi connectivity index (χ2n) is 5.10. The largest absolute Gasteiger partial charge is 0.351 e. The van der Waals surface area contributed by atoms with E-state index in [0.717, 1.165) is 41.3 Å². The van der Waals surface area contributed by atoms with Crippen molar-refractivity contribution in [2.45, 2.75) is 26.7 Å². The SMILES string of the molecule is Cc1cc2ncc(CCCNC(=O)c3snnc3C)cn2n1. The number of rotatable bonds is 5. The summed E-state index contributed by atoms with van der Waals surface area (Å²) in [7, 11) is 0. The van der Waals surface area contributed by atoms with Gasteiger partial charge in [-0.2, -0.15) is 5.10 Å². The van der Waals surface area contributed by atoms with Crippen molar-refractivity contribution in [2.24, 2.45) is 0 Å². The first-order valence-corrected chi connectivity index (χ1v) is 7.79. The Balaban J connectivity index is 1.52. The molecule has 3 aromatic heterocycles. The molecule has 3 heterocycles. The number of hydrogen-bond acceptors (Lipinski definition) is 6. The molecule has 1 N–H and O–H groups in total. The van der Waals surface area contributed by atoms with Crippen LogP contribution in [-0.4, -0.2) is 36.6 Å². The first-order chi connectivity index (χ1) is 10.6. The number of nitrogens with one attached hydrogen (secondary N) is 1. The van der Waals surface area contributed by atoms with Crippen LogP contribution in [0.25, 0.3) is 5.65 Å². The third-order valence-corrected chi connectivity index (χ3v) is 4.10. The number of carbonyl (C=O) groups is 1. The molecule has 3 aromatic rings. The lowest BCUT2D eigenvalue weighted by Gasteiger charge is -2.04. The van der Waals surface area contributed by atoms with Gasteiger partial charge in [0.25, 0.3) is 5.91 Å². The summed E-state index contributed by atoms with van der Waals surface area (Å²) in [6.07, 6.45) is 5.51. The summed E-state index contributed by atoms with van der Waals surface area (Å²) in [6, 6.07) is 1.94. The van der Waals surface area contributed by atoms with Crippen LogP contribution >= 0.6 is 11.5 Å². The van der Waals surface area contributed by atoms with Crippen molar-refractivity contribution in [3.05, 3.63) is 40.3 Å². The molecule has 0 atom stereocenters. The summed E-state index contributed by atoms with van der Waals surface area (Å²) < 4.78 is 5.55. The molecule has 0 bridgehead atoms. The monoisotopic (exact) mass is 316 g/mol. The Kier molecular flexibility index (Phi) is 4.10. The highest BCUT2D eigenvalue weighted by atomic mass is 32.1. The van der Waals surface area contributed by atoms with Gasteiger partial charge in [0.1, 0.15) is 4.88 Å². The Morgan fingerprint density at radius 2 is 2.27 bits per heavy atom. The van der Waals surface area contributed by atoms with Crippen molar-refractivity contribution < 1.29 is 4.79 Å². The van der Waals surface area contributed by atoms with Crippen LogP contribution in [0.4, 0.5) is 0 Å². The van der Waals surface area contributed by atoms with Crippen LogP contribution in [0.5, 0.6) is 0 Å². The van der Waals surface area contributed by atoms with E-state index in [9.17, 15) is 4.79 Å². The number of amides is 1. The maximum absolute atomic E-state index is 11.9. The van der Waals surface area contributed by atoms with E-state index in [0.29, 0.717) is 17.1 Å². The molecule has 0 fully saturated rings. The van der Waals surface area contributed by atoms with E-state index >= 15 is 0 Å². The third-order valence-electron chi connectivity index (χ3n) is 3.27. The maximum atomic E-state index is 11.9. The van der Waals surface area contributed by atoms with Crippen molar-refractivity contribution in [2.75, 3.05) is 6.54 Å². The van der Waals surface area contributed by atoms with Crippen molar-refractivity contribution in [1.29, 1.82) is 0 Å². The number of carbonyl (C=O) groups excluding carboxylic acids is 1. The van der Waals surface area contributed by atoms with Crippen molar-refractivity contribution in [1.82, 2.24) is 29.5 Å². The van der Waals surface area contributed by atoms with E-state index in [1.165, 1.54) is 0 Å². The topological polar surface area (TPSA) is 85.1 Å². The zero-order chi connectivity index (χ0) is 15.5. The van der Waals surface area contributed by atoms with E-state index in [1.807, 2.05) is 25.4 Å². The average molecular weight is 316 g/mol. The summed E-state index contributed by atoms with van der Waals surface area (Å²) >= 11 is 1.12. The Morgan fingerprint density at radius 1 is 1.41 bits per heavy atom. The second kappa shape index (κ2) is 6.18. The standard InChI is InChI=1S/C14H16N6OS/c1-9-6-12-16-7-11(8-20(12)18-9)4-3-5-15-14(21)13-10(2)17-19-22-13/h6-8H,3-5H2,1-2H3,(H,15,21). The van der Waals surface area contributed by atoms with Gasteiger partial charge in [-0.05, 0) is 43.8 Å². The molecule has 0 aliphatic heterocycles. The molecular formula is C14H16N6OS. The predicted molar refractivity (Wildman–Crippen MR) is 83.0 cm³/mol. The van der Waals surface area contributed by atoms with Crippen molar-refractivity contribution in [3.63, 3.8) is 0 Å². The molecule has 7 nitrogen and oxygen atoms in total. The van der Waals surface area contributed by atoms with Gasteiger partial charge in [-0.1, -0.05) is 4.49 Å². The van der Waals surface area contributed by atoms with Gasteiger partial charge in [0.05, 0.1) is 11.4 Å². The number of hydrogen-bond donors (Lipinski definition) is 1. The summed E-state index contributed by atoms with van der Waals surface area (Å²) in [6.45, 7) is 4.33. The van der Waals surface area contributed by atoms with Crippen LogP contribution in [0, 0.1) is 13.8 Å². The Labute approximate surface area is 131 Å². The molecule has 22 heavy (non-hydrogen) atoms. The molecule has 1 amide bonds. The fourth-order valence-corrected chi connectivity index (χ4v) is 2.75. The zero-order valence-electron chi connectivity index (χ0n) is 12.4. The van der Waals surface area contributed by atoms with Crippen molar-refractivity contribution in [3.8, 4) is 0 Å². The molecular weight excluding hydrogens is 300 g/mol.